The van der Waals surface area contributed by atoms with Crippen LogP contribution < -0.4 is 5.32 Å². The van der Waals surface area contributed by atoms with Gasteiger partial charge in [-0.15, -0.1) is 11.3 Å². The summed E-state index contributed by atoms with van der Waals surface area (Å²) in [7, 11) is 0. The Morgan fingerprint density at radius 3 is 3.00 bits per heavy atom. The van der Waals surface area contributed by atoms with Gasteiger partial charge in [-0.25, -0.2) is 0 Å². The third-order valence-corrected chi connectivity index (χ3v) is 3.67. The molecule has 1 unspecified atom stereocenters. The van der Waals surface area contributed by atoms with E-state index < -0.39 is 0 Å². The number of rotatable bonds is 7. The summed E-state index contributed by atoms with van der Waals surface area (Å²) < 4.78 is 5.31. The average Bonchev–Trinajstić information content (AvgIpc) is 3.04. The van der Waals surface area contributed by atoms with E-state index in [1.807, 2.05) is 17.5 Å². The highest BCUT2D eigenvalue weighted by molar-refractivity contribution is 7.13. The van der Waals surface area contributed by atoms with E-state index in [1.165, 1.54) is 0 Å². The first kappa shape index (κ1) is 13.2. The summed E-state index contributed by atoms with van der Waals surface area (Å²) in [5, 5.41) is 9.53. The van der Waals surface area contributed by atoms with Crippen LogP contribution in [-0.2, 0) is 6.42 Å². The van der Waals surface area contributed by atoms with E-state index in [0.29, 0.717) is 17.8 Å². The second-order valence-electron chi connectivity index (χ2n) is 4.25. The Balaban J connectivity index is 1.97. The first-order chi connectivity index (χ1) is 8.83. The number of hydrogen-bond acceptors (Lipinski definition) is 5. The Labute approximate surface area is 111 Å². The lowest BCUT2D eigenvalue weighted by Gasteiger charge is -2.13. The van der Waals surface area contributed by atoms with Crippen LogP contribution in [0.2, 0.25) is 0 Å². The summed E-state index contributed by atoms with van der Waals surface area (Å²) in [5.74, 6) is 1.42. The van der Waals surface area contributed by atoms with Gasteiger partial charge >= 0.3 is 0 Å². The second kappa shape index (κ2) is 6.66. The number of thiophene rings is 1. The molecule has 2 heterocycles. The zero-order valence-corrected chi connectivity index (χ0v) is 11.7. The average molecular weight is 265 g/mol. The Bertz CT molecular complexity index is 453. The van der Waals surface area contributed by atoms with Crippen molar-refractivity contribution in [1.82, 2.24) is 15.5 Å². The van der Waals surface area contributed by atoms with Gasteiger partial charge in [-0.3, -0.25) is 0 Å². The summed E-state index contributed by atoms with van der Waals surface area (Å²) in [6.07, 6.45) is 3.01. The number of aromatic nitrogens is 2. The van der Waals surface area contributed by atoms with Crippen LogP contribution in [0, 0.1) is 0 Å². The minimum Gasteiger partial charge on any atom is -0.339 e. The molecule has 0 saturated heterocycles. The summed E-state index contributed by atoms with van der Waals surface area (Å²) in [4.78, 5) is 5.50. The fraction of sp³-hybridized carbons (Fsp3) is 0.538. The van der Waals surface area contributed by atoms with E-state index in [1.54, 1.807) is 11.3 Å². The monoisotopic (exact) mass is 265 g/mol. The minimum absolute atomic E-state index is 0.418. The van der Waals surface area contributed by atoms with Crippen molar-refractivity contribution in [3.8, 4) is 10.7 Å². The molecule has 18 heavy (non-hydrogen) atoms. The van der Waals surface area contributed by atoms with E-state index in [9.17, 15) is 0 Å². The lowest BCUT2D eigenvalue weighted by atomic mass is 10.1. The van der Waals surface area contributed by atoms with Crippen molar-refractivity contribution in [1.29, 1.82) is 0 Å². The van der Waals surface area contributed by atoms with Gasteiger partial charge < -0.3 is 9.84 Å². The lowest BCUT2D eigenvalue weighted by molar-refractivity contribution is 0.354. The molecular weight excluding hydrogens is 246 g/mol. The SMILES string of the molecule is CCCNC(CC)Cc1nc(-c2cccs2)no1. The highest BCUT2D eigenvalue weighted by atomic mass is 32.1. The van der Waals surface area contributed by atoms with Crippen LogP contribution in [0.15, 0.2) is 22.0 Å². The highest BCUT2D eigenvalue weighted by Crippen LogP contribution is 2.21. The first-order valence-corrected chi connectivity index (χ1v) is 7.31. The Hall–Kier alpha value is -1.20. The molecule has 5 heteroatoms. The van der Waals surface area contributed by atoms with Crippen molar-refractivity contribution in [2.45, 2.75) is 39.2 Å². The van der Waals surface area contributed by atoms with Crippen molar-refractivity contribution >= 4 is 11.3 Å². The fourth-order valence-corrected chi connectivity index (χ4v) is 2.41. The zero-order chi connectivity index (χ0) is 12.8. The van der Waals surface area contributed by atoms with Crippen LogP contribution in [0.4, 0.5) is 0 Å². The van der Waals surface area contributed by atoms with Crippen LogP contribution in [0.1, 0.15) is 32.6 Å². The quantitative estimate of drug-likeness (QED) is 0.835. The summed E-state index contributed by atoms with van der Waals surface area (Å²) in [6, 6.07) is 4.42. The normalized spacial score (nSPS) is 12.8. The van der Waals surface area contributed by atoms with Crippen LogP contribution >= 0.6 is 11.3 Å². The zero-order valence-electron chi connectivity index (χ0n) is 10.8. The fourth-order valence-electron chi connectivity index (χ4n) is 1.76. The van der Waals surface area contributed by atoms with Gasteiger partial charge in [0.25, 0.3) is 0 Å². The van der Waals surface area contributed by atoms with Gasteiger partial charge in [0.2, 0.25) is 11.7 Å². The number of hydrogen-bond donors (Lipinski definition) is 1. The van der Waals surface area contributed by atoms with Crippen molar-refractivity contribution in [3.05, 3.63) is 23.4 Å². The predicted molar refractivity (Wildman–Crippen MR) is 73.7 cm³/mol. The van der Waals surface area contributed by atoms with E-state index in [4.69, 9.17) is 4.52 Å². The summed E-state index contributed by atoms with van der Waals surface area (Å²) in [5.41, 5.74) is 0. The molecule has 0 aliphatic heterocycles. The number of nitrogens with zero attached hydrogens (tertiary/aromatic N) is 2. The molecule has 1 N–H and O–H groups in total. The molecular formula is C13H19N3OS. The van der Waals surface area contributed by atoms with Gasteiger partial charge in [-0.05, 0) is 30.8 Å². The van der Waals surface area contributed by atoms with E-state index in [2.05, 4.69) is 29.3 Å². The van der Waals surface area contributed by atoms with Crippen molar-refractivity contribution in [2.75, 3.05) is 6.54 Å². The molecule has 0 amide bonds. The van der Waals surface area contributed by atoms with Gasteiger partial charge in [-0.2, -0.15) is 4.98 Å². The van der Waals surface area contributed by atoms with Crippen LogP contribution in [-0.4, -0.2) is 22.7 Å². The number of nitrogens with one attached hydrogen (secondary N) is 1. The smallest absolute Gasteiger partial charge is 0.228 e. The maximum Gasteiger partial charge on any atom is 0.228 e. The van der Waals surface area contributed by atoms with Gasteiger partial charge in [-0.1, -0.05) is 25.1 Å². The Kier molecular flexibility index (Phi) is 4.90. The lowest BCUT2D eigenvalue weighted by Crippen LogP contribution is -2.31. The maximum atomic E-state index is 5.31. The van der Waals surface area contributed by atoms with Crippen LogP contribution in [0.3, 0.4) is 0 Å². The maximum absolute atomic E-state index is 5.31. The molecule has 0 bridgehead atoms. The molecule has 98 valence electrons. The van der Waals surface area contributed by atoms with Crippen LogP contribution in [0.25, 0.3) is 10.7 Å². The standard InChI is InChI=1S/C13H19N3OS/c1-3-7-14-10(4-2)9-12-15-13(16-17-12)11-6-5-8-18-11/h5-6,8,10,14H,3-4,7,9H2,1-2H3. The molecule has 0 saturated carbocycles. The molecule has 2 aromatic rings. The first-order valence-electron chi connectivity index (χ1n) is 6.43. The van der Waals surface area contributed by atoms with E-state index in [-0.39, 0.29) is 0 Å². The summed E-state index contributed by atoms with van der Waals surface area (Å²) in [6.45, 7) is 5.37. The third kappa shape index (κ3) is 3.40. The van der Waals surface area contributed by atoms with Crippen molar-refractivity contribution in [3.63, 3.8) is 0 Å². The highest BCUT2D eigenvalue weighted by Gasteiger charge is 2.13. The molecule has 0 aliphatic carbocycles. The largest absolute Gasteiger partial charge is 0.339 e. The molecule has 0 aliphatic rings. The van der Waals surface area contributed by atoms with E-state index >= 15 is 0 Å². The molecule has 1 atom stereocenters. The second-order valence-corrected chi connectivity index (χ2v) is 5.20. The molecule has 0 fully saturated rings. The van der Waals surface area contributed by atoms with E-state index in [0.717, 1.165) is 30.7 Å². The van der Waals surface area contributed by atoms with Crippen LogP contribution in [0.5, 0.6) is 0 Å². The van der Waals surface area contributed by atoms with Gasteiger partial charge in [0, 0.05) is 12.5 Å². The third-order valence-electron chi connectivity index (χ3n) is 2.81. The molecule has 0 radical (unpaired) electrons. The summed E-state index contributed by atoms with van der Waals surface area (Å²) >= 11 is 1.63. The van der Waals surface area contributed by atoms with Crippen molar-refractivity contribution < 1.29 is 4.52 Å². The molecule has 2 rings (SSSR count). The molecule has 0 aromatic carbocycles. The van der Waals surface area contributed by atoms with Crippen molar-refractivity contribution in [2.24, 2.45) is 0 Å². The molecule has 4 nitrogen and oxygen atoms in total. The Morgan fingerprint density at radius 2 is 2.33 bits per heavy atom. The Morgan fingerprint density at radius 1 is 1.44 bits per heavy atom. The molecule has 2 aromatic heterocycles. The van der Waals surface area contributed by atoms with Gasteiger partial charge in [0.05, 0.1) is 4.88 Å². The predicted octanol–water partition coefficient (Wildman–Crippen LogP) is 3.12. The topological polar surface area (TPSA) is 51.0 Å². The van der Waals surface area contributed by atoms with Gasteiger partial charge in [0.15, 0.2) is 0 Å². The minimum atomic E-state index is 0.418. The molecule has 0 spiro atoms. The van der Waals surface area contributed by atoms with Gasteiger partial charge in [0.1, 0.15) is 0 Å².